The van der Waals surface area contributed by atoms with Crippen molar-refractivity contribution in [2.24, 2.45) is 11.8 Å². The SMILES string of the molecule is COc1ccc(OC)c(C(=O)C2CCC(OC)CC2c2ccc(C)c(N)c2)c1.COc1ccc(OC)c(C(=O)C2CCC(OC)CC2c2ccc(C)c(O)c2)c1. The summed E-state index contributed by atoms with van der Waals surface area (Å²) in [6, 6.07) is 22.4. The van der Waals surface area contributed by atoms with Crippen LogP contribution in [0.4, 0.5) is 5.69 Å². The number of benzene rings is 4. The van der Waals surface area contributed by atoms with Crippen LogP contribution in [0, 0.1) is 25.7 Å². The maximum atomic E-state index is 13.6. The number of ether oxygens (including phenoxy) is 6. The largest absolute Gasteiger partial charge is 0.508 e. The third-order valence-corrected chi connectivity index (χ3v) is 11.7. The van der Waals surface area contributed by atoms with Gasteiger partial charge in [-0.15, -0.1) is 0 Å². The van der Waals surface area contributed by atoms with Crippen molar-refractivity contribution in [1.29, 1.82) is 0 Å². The maximum absolute atomic E-state index is 13.6. The van der Waals surface area contributed by atoms with E-state index in [4.69, 9.17) is 34.2 Å². The predicted molar refractivity (Wildman–Crippen MR) is 218 cm³/mol. The van der Waals surface area contributed by atoms with Gasteiger partial charge in [-0.05, 0) is 135 Å². The maximum Gasteiger partial charge on any atom is 0.170 e. The fourth-order valence-electron chi connectivity index (χ4n) is 8.22. The smallest absolute Gasteiger partial charge is 0.170 e. The second kappa shape index (κ2) is 19.2. The molecule has 2 fully saturated rings. The average molecular weight is 768 g/mol. The van der Waals surface area contributed by atoms with Crippen LogP contribution in [0.5, 0.6) is 28.7 Å². The number of aromatic hydroxyl groups is 1. The molecule has 4 aromatic carbocycles. The third kappa shape index (κ3) is 9.48. The van der Waals surface area contributed by atoms with Crippen molar-refractivity contribution in [1.82, 2.24) is 0 Å². The van der Waals surface area contributed by atoms with Gasteiger partial charge in [-0.3, -0.25) is 9.59 Å². The predicted octanol–water partition coefficient (Wildman–Crippen LogP) is 8.88. The van der Waals surface area contributed by atoms with Crippen molar-refractivity contribution in [2.75, 3.05) is 48.4 Å². The number of methoxy groups -OCH3 is 6. The van der Waals surface area contributed by atoms with E-state index in [1.165, 1.54) is 0 Å². The van der Waals surface area contributed by atoms with Crippen LogP contribution in [0.15, 0.2) is 72.8 Å². The summed E-state index contributed by atoms with van der Waals surface area (Å²) in [5, 5.41) is 10.2. The van der Waals surface area contributed by atoms with E-state index < -0.39 is 0 Å². The first-order chi connectivity index (χ1) is 27.0. The van der Waals surface area contributed by atoms with Gasteiger partial charge in [-0.25, -0.2) is 0 Å². The van der Waals surface area contributed by atoms with Crippen LogP contribution in [0.2, 0.25) is 0 Å². The van der Waals surface area contributed by atoms with Crippen LogP contribution in [0.25, 0.3) is 0 Å². The number of rotatable bonds is 12. The molecule has 0 aromatic heterocycles. The molecule has 10 heteroatoms. The minimum Gasteiger partial charge on any atom is -0.508 e. The Balaban J connectivity index is 0.000000214. The van der Waals surface area contributed by atoms with E-state index in [1.54, 1.807) is 85.1 Å². The lowest BCUT2D eigenvalue weighted by atomic mass is 9.71. The molecule has 6 atom stereocenters. The highest BCUT2D eigenvalue weighted by atomic mass is 16.5. The zero-order valence-electron chi connectivity index (χ0n) is 33.9. The molecule has 0 radical (unpaired) electrons. The molecule has 3 N–H and O–H groups in total. The molecule has 56 heavy (non-hydrogen) atoms. The van der Waals surface area contributed by atoms with Gasteiger partial charge in [-0.2, -0.15) is 0 Å². The Bertz CT molecular complexity index is 1840. The van der Waals surface area contributed by atoms with Crippen molar-refractivity contribution >= 4 is 17.3 Å². The van der Waals surface area contributed by atoms with Crippen LogP contribution in [0.1, 0.15) is 93.3 Å². The van der Waals surface area contributed by atoms with Gasteiger partial charge in [0.1, 0.15) is 28.7 Å². The van der Waals surface area contributed by atoms with E-state index in [-0.39, 0.29) is 53.2 Å². The molecule has 2 aliphatic rings. The number of Topliss-reactive ketones (excluding diaryl/α,β-unsaturated/α-hetero) is 2. The highest BCUT2D eigenvalue weighted by Gasteiger charge is 2.39. The molecular weight excluding hydrogens is 711 g/mol. The van der Waals surface area contributed by atoms with Crippen molar-refractivity contribution in [3.63, 3.8) is 0 Å². The van der Waals surface area contributed by atoms with Gasteiger partial charge in [-0.1, -0.05) is 24.3 Å². The summed E-state index contributed by atoms with van der Waals surface area (Å²) in [4.78, 5) is 27.1. The van der Waals surface area contributed by atoms with E-state index >= 15 is 0 Å². The van der Waals surface area contributed by atoms with Crippen LogP contribution in [-0.4, -0.2) is 71.5 Å². The van der Waals surface area contributed by atoms with Crippen molar-refractivity contribution in [2.45, 2.75) is 76.4 Å². The Labute approximate surface area is 331 Å². The first kappa shape index (κ1) is 42.1. The summed E-state index contributed by atoms with van der Waals surface area (Å²) in [6.07, 6.45) is 4.94. The standard InChI is InChI=1S/C23H29NO4.C23H28O5/c2*1-14-5-6-15(11-21(14)24)19-12-16(26-2)7-9-18(19)23(25)20-13-17(27-3)8-10-22(20)28-4/h5-6,8,10-11,13,16,18-19H,7,9,12,24H2,1-4H3;5-6,8,10-11,13,16,18-19,24H,7,9,12H2,1-4H3. The summed E-state index contributed by atoms with van der Waals surface area (Å²) in [7, 11) is 9.77. The molecular formula is C46H57NO9. The Hall–Kier alpha value is -5.06. The van der Waals surface area contributed by atoms with Gasteiger partial charge in [0.15, 0.2) is 11.6 Å². The van der Waals surface area contributed by atoms with Crippen LogP contribution in [-0.2, 0) is 9.47 Å². The molecule has 300 valence electrons. The number of hydrogen-bond acceptors (Lipinski definition) is 10. The topological polar surface area (TPSA) is 136 Å². The Morgan fingerprint density at radius 3 is 1.41 bits per heavy atom. The number of hydrogen-bond donors (Lipinski definition) is 2. The molecule has 10 nitrogen and oxygen atoms in total. The quantitative estimate of drug-likeness (QED) is 0.106. The Morgan fingerprint density at radius 2 is 1.02 bits per heavy atom. The van der Waals surface area contributed by atoms with Gasteiger partial charge in [0.05, 0.1) is 51.8 Å². The number of carbonyl (C=O) groups is 2. The molecule has 0 aliphatic heterocycles. The molecule has 6 unspecified atom stereocenters. The normalized spacial score (nSPS) is 21.9. The number of phenols is 1. The van der Waals surface area contributed by atoms with Gasteiger partial charge in [0.2, 0.25) is 0 Å². The van der Waals surface area contributed by atoms with Gasteiger partial charge in [0.25, 0.3) is 0 Å². The number of ketones is 2. The molecule has 2 saturated carbocycles. The third-order valence-electron chi connectivity index (χ3n) is 11.7. The first-order valence-corrected chi connectivity index (χ1v) is 19.2. The Morgan fingerprint density at radius 1 is 0.571 bits per heavy atom. The van der Waals surface area contributed by atoms with Crippen LogP contribution >= 0.6 is 0 Å². The van der Waals surface area contributed by atoms with Crippen molar-refractivity contribution in [3.05, 3.63) is 106 Å². The summed E-state index contributed by atoms with van der Waals surface area (Å²) >= 11 is 0. The minimum absolute atomic E-state index is 0.0337. The van der Waals surface area contributed by atoms with Crippen molar-refractivity contribution < 1.29 is 43.1 Å². The Kier molecular flexibility index (Phi) is 14.4. The van der Waals surface area contributed by atoms with Crippen LogP contribution in [0.3, 0.4) is 0 Å². The molecule has 2 aliphatic carbocycles. The highest BCUT2D eigenvalue weighted by Crippen LogP contribution is 2.44. The van der Waals surface area contributed by atoms with Gasteiger partial charge >= 0.3 is 0 Å². The monoisotopic (exact) mass is 767 g/mol. The van der Waals surface area contributed by atoms with Gasteiger partial charge in [0, 0.05) is 31.7 Å². The van der Waals surface area contributed by atoms with Gasteiger partial charge < -0.3 is 39.3 Å². The zero-order chi connectivity index (χ0) is 40.5. The van der Waals surface area contributed by atoms with E-state index in [0.29, 0.717) is 34.1 Å². The molecule has 0 spiro atoms. The van der Waals surface area contributed by atoms with E-state index in [1.807, 2.05) is 38.1 Å². The molecule has 6 rings (SSSR count). The number of nitrogen functional groups attached to an aromatic ring is 1. The number of carbonyl (C=O) groups excluding carboxylic acids is 2. The molecule has 4 aromatic rings. The summed E-state index contributed by atoms with van der Waals surface area (Å²) in [6.45, 7) is 3.85. The molecule has 0 heterocycles. The lowest BCUT2D eigenvalue weighted by Crippen LogP contribution is -2.32. The fourth-order valence-corrected chi connectivity index (χ4v) is 8.22. The summed E-state index contributed by atoms with van der Waals surface area (Å²) < 4.78 is 32.7. The number of anilines is 1. The van der Waals surface area contributed by atoms with E-state index in [0.717, 1.165) is 66.5 Å². The van der Waals surface area contributed by atoms with E-state index in [9.17, 15) is 14.7 Å². The van der Waals surface area contributed by atoms with E-state index in [2.05, 4.69) is 6.07 Å². The minimum atomic E-state index is -0.213. The lowest BCUT2D eigenvalue weighted by Gasteiger charge is -2.35. The molecule has 0 amide bonds. The summed E-state index contributed by atoms with van der Waals surface area (Å²) in [5.41, 5.74) is 11.9. The fraction of sp³-hybridized carbons (Fsp3) is 0.435. The van der Waals surface area contributed by atoms with Crippen molar-refractivity contribution in [3.8, 4) is 28.7 Å². The average Bonchev–Trinajstić information content (AvgIpc) is 3.24. The van der Waals surface area contributed by atoms with Crippen LogP contribution < -0.4 is 24.7 Å². The molecule has 0 saturated heterocycles. The molecule has 0 bridgehead atoms. The first-order valence-electron chi connectivity index (χ1n) is 19.2. The second-order valence-electron chi connectivity index (χ2n) is 14.8. The number of nitrogens with two attached hydrogens (primary N) is 1. The zero-order valence-corrected chi connectivity index (χ0v) is 33.9. The second-order valence-corrected chi connectivity index (χ2v) is 14.8. The summed E-state index contributed by atoms with van der Waals surface area (Å²) in [5.74, 6) is 2.40. The lowest BCUT2D eigenvalue weighted by molar-refractivity contribution is 0.0425. The highest BCUT2D eigenvalue weighted by molar-refractivity contribution is 6.02. The number of phenolic OH excluding ortho intramolecular Hbond substituents is 1. The number of aryl methyl sites for hydroxylation is 2.